The third-order valence-electron chi connectivity index (χ3n) is 5.58. The topological polar surface area (TPSA) is 61.8 Å². The van der Waals surface area contributed by atoms with Crippen LogP contribution in [0.25, 0.3) is 0 Å². The summed E-state index contributed by atoms with van der Waals surface area (Å²) in [6.45, 7) is 0.972. The van der Waals surface area contributed by atoms with Gasteiger partial charge in [0.05, 0.1) is 10.9 Å². The normalized spacial score (nSPS) is 17.0. The lowest BCUT2D eigenvalue weighted by Gasteiger charge is -2.32. The Morgan fingerprint density at radius 3 is 2.23 bits per heavy atom. The number of rotatable bonds is 8. The summed E-state index contributed by atoms with van der Waals surface area (Å²) < 4.78 is 0. The maximum Gasteiger partial charge on any atom is 0.234 e. The number of hydrogen-bond acceptors (Lipinski definition) is 4. The van der Waals surface area contributed by atoms with Crippen LogP contribution in [-0.4, -0.2) is 40.2 Å². The second kappa shape index (κ2) is 12.2. The van der Waals surface area contributed by atoms with Crippen molar-refractivity contribution in [1.82, 2.24) is 10.2 Å². The molecule has 2 amide bonds. The summed E-state index contributed by atoms with van der Waals surface area (Å²) in [5.41, 5.74) is 2.89. The molecule has 4 rings (SSSR count). The number of halogens is 2. The third kappa shape index (κ3) is 7.34. The number of hydrogen-bond donors (Lipinski definition) is 1. The molecule has 0 aromatic heterocycles. The summed E-state index contributed by atoms with van der Waals surface area (Å²) in [5, 5.41) is 4.24. The van der Waals surface area contributed by atoms with Gasteiger partial charge in [-0.1, -0.05) is 77.4 Å². The van der Waals surface area contributed by atoms with E-state index >= 15 is 0 Å². The molecule has 5 nitrogen and oxygen atoms in total. The number of nitrogens with zero attached hydrogens (tertiary/aromatic N) is 2. The number of amides is 2. The molecule has 1 atom stereocenters. The highest BCUT2D eigenvalue weighted by atomic mass is 35.5. The van der Waals surface area contributed by atoms with Crippen molar-refractivity contribution in [2.24, 2.45) is 4.99 Å². The molecule has 0 radical (unpaired) electrons. The Labute approximate surface area is 219 Å². The van der Waals surface area contributed by atoms with Crippen molar-refractivity contribution in [2.45, 2.75) is 24.5 Å². The molecule has 1 heterocycles. The Morgan fingerprint density at radius 2 is 1.54 bits per heavy atom. The van der Waals surface area contributed by atoms with Gasteiger partial charge in [-0.15, -0.1) is 0 Å². The summed E-state index contributed by atoms with van der Waals surface area (Å²) in [7, 11) is 0. The Morgan fingerprint density at radius 1 is 0.914 bits per heavy atom. The largest absolute Gasteiger partial charge is 0.355 e. The molecule has 1 aliphatic heterocycles. The molecule has 1 N–H and O–H groups in total. The number of nitrogens with one attached hydrogen (secondary N) is 1. The highest BCUT2D eigenvalue weighted by Crippen LogP contribution is 2.30. The van der Waals surface area contributed by atoms with E-state index in [1.54, 1.807) is 29.2 Å². The van der Waals surface area contributed by atoms with Crippen molar-refractivity contribution >= 4 is 57.6 Å². The number of amidine groups is 1. The van der Waals surface area contributed by atoms with Crippen LogP contribution in [-0.2, 0) is 22.4 Å². The Balaban J connectivity index is 1.46. The van der Waals surface area contributed by atoms with E-state index in [9.17, 15) is 9.59 Å². The molecule has 35 heavy (non-hydrogen) atoms. The van der Waals surface area contributed by atoms with Gasteiger partial charge in [0.15, 0.2) is 5.17 Å². The van der Waals surface area contributed by atoms with E-state index in [1.807, 2.05) is 54.6 Å². The van der Waals surface area contributed by atoms with E-state index < -0.39 is 5.25 Å². The van der Waals surface area contributed by atoms with Crippen LogP contribution in [0.1, 0.15) is 17.5 Å². The Bertz CT molecular complexity index is 1190. The molecule has 1 fully saturated rings. The fourth-order valence-electron chi connectivity index (χ4n) is 3.67. The molecular weight excluding hydrogens is 501 g/mol. The van der Waals surface area contributed by atoms with Crippen LogP contribution in [0, 0.1) is 0 Å². The first-order valence-electron chi connectivity index (χ1n) is 11.4. The third-order valence-corrected chi connectivity index (χ3v) is 7.27. The standard InChI is InChI=1S/C27H25Cl2N3O2S/c28-21-8-6-20(7-9-21)15-17-32-25(33)18-24(26(34)30-16-14-19-4-2-1-3-5-19)35-27(32)31-23-12-10-22(29)11-13-23/h1-13,24H,14-18H2,(H,30,34). The average Bonchev–Trinajstić information content (AvgIpc) is 2.86. The van der Waals surface area contributed by atoms with E-state index in [0.29, 0.717) is 40.4 Å². The second-order valence-electron chi connectivity index (χ2n) is 8.13. The molecule has 0 bridgehead atoms. The number of benzene rings is 3. The molecule has 1 unspecified atom stereocenters. The van der Waals surface area contributed by atoms with Gasteiger partial charge in [0.1, 0.15) is 0 Å². The second-order valence-corrected chi connectivity index (χ2v) is 10.2. The van der Waals surface area contributed by atoms with Crippen molar-refractivity contribution in [2.75, 3.05) is 13.1 Å². The lowest BCUT2D eigenvalue weighted by molar-refractivity contribution is -0.130. The van der Waals surface area contributed by atoms with Crippen LogP contribution in [0.3, 0.4) is 0 Å². The van der Waals surface area contributed by atoms with Gasteiger partial charge in [0.2, 0.25) is 11.8 Å². The predicted octanol–water partition coefficient (Wildman–Crippen LogP) is 5.92. The van der Waals surface area contributed by atoms with E-state index in [0.717, 1.165) is 17.5 Å². The van der Waals surface area contributed by atoms with Crippen LogP contribution in [0.4, 0.5) is 5.69 Å². The summed E-state index contributed by atoms with van der Waals surface area (Å²) in [5.74, 6) is -0.269. The Hall–Kier alpha value is -2.80. The first-order valence-corrected chi connectivity index (χ1v) is 13.0. The molecule has 1 aliphatic rings. The highest BCUT2D eigenvalue weighted by Gasteiger charge is 2.35. The molecule has 3 aromatic rings. The van der Waals surface area contributed by atoms with E-state index in [4.69, 9.17) is 28.2 Å². The molecule has 0 aliphatic carbocycles. The van der Waals surface area contributed by atoms with E-state index in [2.05, 4.69) is 5.32 Å². The minimum Gasteiger partial charge on any atom is -0.355 e. The first-order chi connectivity index (χ1) is 17.0. The summed E-state index contributed by atoms with van der Waals surface area (Å²) in [6, 6.07) is 24.6. The zero-order chi connectivity index (χ0) is 24.6. The van der Waals surface area contributed by atoms with Gasteiger partial charge in [-0.2, -0.15) is 0 Å². The van der Waals surface area contributed by atoms with E-state index in [1.165, 1.54) is 11.8 Å². The lowest BCUT2D eigenvalue weighted by atomic mass is 10.1. The minimum absolute atomic E-state index is 0.117. The van der Waals surface area contributed by atoms with Gasteiger partial charge in [0.25, 0.3) is 0 Å². The van der Waals surface area contributed by atoms with Crippen LogP contribution < -0.4 is 5.32 Å². The molecule has 0 spiro atoms. The van der Waals surface area contributed by atoms with Crippen molar-refractivity contribution in [3.05, 3.63) is 100 Å². The summed E-state index contributed by atoms with van der Waals surface area (Å²) in [6.07, 6.45) is 1.51. The zero-order valence-electron chi connectivity index (χ0n) is 19.0. The van der Waals surface area contributed by atoms with Gasteiger partial charge in [0, 0.05) is 29.6 Å². The molecular formula is C27H25Cl2N3O2S. The van der Waals surface area contributed by atoms with Gasteiger partial charge < -0.3 is 5.32 Å². The number of thioether (sulfide) groups is 1. The van der Waals surface area contributed by atoms with Crippen LogP contribution in [0.5, 0.6) is 0 Å². The van der Waals surface area contributed by atoms with Gasteiger partial charge in [-0.3, -0.25) is 14.5 Å². The quantitative estimate of drug-likeness (QED) is 0.397. The van der Waals surface area contributed by atoms with Crippen molar-refractivity contribution < 1.29 is 9.59 Å². The van der Waals surface area contributed by atoms with Crippen LogP contribution in [0.2, 0.25) is 10.0 Å². The molecule has 3 aromatic carbocycles. The lowest BCUT2D eigenvalue weighted by Crippen LogP contribution is -2.47. The fourth-order valence-corrected chi connectivity index (χ4v) is 5.07. The van der Waals surface area contributed by atoms with Crippen molar-refractivity contribution in [3.8, 4) is 0 Å². The monoisotopic (exact) mass is 525 g/mol. The van der Waals surface area contributed by atoms with Gasteiger partial charge in [-0.05, 0) is 60.4 Å². The average molecular weight is 526 g/mol. The minimum atomic E-state index is -0.531. The van der Waals surface area contributed by atoms with Crippen LogP contribution in [0.15, 0.2) is 83.9 Å². The Kier molecular flexibility index (Phi) is 8.85. The maximum atomic E-state index is 13.1. The smallest absolute Gasteiger partial charge is 0.234 e. The van der Waals surface area contributed by atoms with E-state index in [-0.39, 0.29) is 18.2 Å². The summed E-state index contributed by atoms with van der Waals surface area (Å²) in [4.78, 5) is 32.4. The number of aliphatic imine (C=N–C) groups is 1. The fraction of sp³-hybridized carbons (Fsp3) is 0.222. The highest BCUT2D eigenvalue weighted by molar-refractivity contribution is 8.15. The SMILES string of the molecule is O=C(NCCc1ccccc1)C1CC(=O)N(CCc2ccc(Cl)cc2)C(=Nc2ccc(Cl)cc2)S1. The predicted molar refractivity (Wildman–Crippen MR) is 145 cm³/mol. The first kappa shape index (κ1) is 25.3. The molecule has 1 saturated heterocycles. The molecule has 8 heteroatoms. The van der Waals surface area contributed by atoms with Crippen molar-refractivity contribution in [3.63, 3.8) is 0 Å². The van der Waals surface area contributed by atoms with Crippen molar-refractivity contribution in [1.29, 1.82) is 0 Å². The molecule has 180 valence electrons. The number of carbonyl (C=O) groups is 2. The van der Waals surface area contributed by atoms with Gasteiger partial charge in [-0.25, -0.2) is 4.99 Å². The number of carbonyl (C=O) groups excluding carboxylic acids is 2. The van der Waals surface area contributed by atoms with Crippen LogP contribution >= 0.6 is 35.0 Å². The maximum absolute atomic E-state index is 13.1. The summed E-state index contributed by atoms with van der Waals surface area (Å²) >= 11 is 13.3. The molecule has 0 saturated carbocycles. The van der Waals surface area contributed by atoms with Gasteiger partial charge >= 0.3 is 0 Å². The zero-order valence-corrected chi connectivity index (χ0v) is 21.3.